The Morgan fingerprint density at radius 2 is 1.63 bits per heavy atom. The van der Waals surface area contributed by atoms with Gasteiger partial charge in [-0.1, -0.05) is 37.6 Å². The SMILES string of the molecule is Cc1cc(C)c(C)c(-c2cc3cc(-c4ccc(CC(C)C)nc4)ccc3c[n+]2C)c1. The lowest BCUT2D eigenvalue weighted by atomic mass is 9.95. The molecule has 4 aromatic rings. The predicted molar refractivity (Wildman–Crippen MR) is 127 cm³/mol. The number of aromatic nitrogens is 2. The number of benzene rings is 2. The molecule has 4 rings (SSSR count). The van der Waals surface area contributed by atoms with Crippen LogP contribution in [0.2, 0.25) is 0 Å². The summed E-state index contributed by atoms with van der Waals surface area (Å²) in [5, 5.41) is 2.50. The van der Waals surface area contributed by atoms with Gasteiger partial charge in [-0.05, 0) is 79.5 Å². The molecule has 0 amide bonds. The molecule has 0 N–H and O–H groups in total. The van der Waals surface area contributed by atoms with Crippen LogP contribution in [0, 0.1) is 26.7 Å². The van der Waals surface area contributed by atoms with Crippen LogP contribution >= 0.6 is 0 Å². The number of pyridine rings is 2. The van der Waals surface area contributed by atoms with Crippen LogP contribution in [0.15, 0.2) is 60.9 Å². The van der Waals surface area contributed by atoms with Crippen LogP contribution in [-0.4, -0.2) is 4.98 Å². The fourth-order valence-corrected chi connectivity index (χ4v) is 4.23. The molecule has 0 fully saturated rings. The standard InChI is InChI=1S/C28H31N2/c1-18(2)11-26-10-9-23(16-29-26)22-7-8-24-17-30(6)28(15-25(24)14-22)27-13-19(3)12-20(4)21(27)5/h7-10,12-18H,11H2,1-6H3/q+1. The summed E-state index contributed by atoms with van der Waals surface area (Å²) >= 11 is 0. The quantitative estimate of drug-likeness (QED) is 0.360. The Morgan fingerprint density at radius 3 is 2.33 bits per heavy atom. The molecule has 0 atom stereocenters. The van der Waals surface area contributed by atoms with Crippen LogP contribution in [0.4, 0.5) is 0 Å². The van der Waals surface area contributed by atoms with Crippen LogP contribution in [0.1, 0.15) is 36.2 Å². The third-order valence-corrected chi connectivity index (χ3v) is 5.95. The molecule has 0 saturated heterocycles. The third kappa shape index (κ3) is 4.00. The van der Waals surface area contributed by atoms with E-state index in [9.17, 15) is 0 Å². The fraction of sp³-hybridized carbons (Fsp3) is 0.286. The van der Waals surface area contributed by atoms with Gasteiger partial charge >= 0.3 is 0 Å². The van der Waals surface area contributed by atoms with Crippen molar-refractivity contribution in [1.82, 2.24) is 4.98 Å². The second-order valence-corrected chi connectivity index (χ2v) is 9.00. The summed E-state index contributed by atoms with van der Waals surface area (Å²) in [4.78, 5) is 4.68. The van der Waals surface area contributed by atoms with Gasteiger partial charge in [0.15, 0.2) is 6.20 Å². The zero-order valence-corrected chi connectivity index (χ0v) is 19.0. The van der Waals surface area contributed by atoms with Crippen LogP contribution < -0.4 is 4.57 Å². The second kappa shape index (κ2) is 8.02. The van der Waals surface area contributed by atoms with Crippen LogP contribution in [0.25, 0.3) is 33.2 Å². The molecule has 0 radical (unpaired) electrons. The summed E-state index contributed by atoms with van der Waals surface area (Å²) < 4.78 is 2.24. The van der Waals surface area contributed by atoms with Crippen molar-refractivity contribution in [2.75, 3.05) is 0 Å². The Labute approximate surface area is 180 Å². The summed E-state index contributed by atoms with van der Waals surface area (Å²) in [7, 11) is 2.14. The van der Waals surface area contributed by atoms with E-state index in [-0.39, 0.29) is 0 Å². The highest BCUT2D eigenvalue weighted by Gasteiger charge is 2.16. The summed E-state index contributed by atoms with van der Waals surface area (Å²) in [6, 6.07) is 17.9. The average molecular weight is 396 g/mol. The summed E-state index contributed by atoms with van der Waals surface area (Å²) in [6.45, 7) is 11.0. The lowest BCUT2D eigenvalue weighted by Crippen LogP contribution is -2.30. The van der Waals surface area contributed by atoms with E-state index in [2.05, 4.69) is 106 Å². The monoisotopic (exact) mass is 395 g/mol. The first-order chi connectivity index (χ1) is 14.3. The van der Waals surface area contributed by atoms with Gasteiger partial charge in [-0.25, -0.2) is 4.57 Å². The minimum absolute atomic E-state index is 0.622. The van der Waals surface area contributed by atoms with Gasteiger partial charge in [0.25, 0.3) is 0 Å². The maximum absolute atomic E-state index is 4.68. The number of hydrogen-bond donors (Lipinski definition) is 0. The molecule has 0 spiro atoms. The third-order valence-electron chi connectivity index (χ3n) is 5.95. The average Bonchev–Trinajstić information content (AvgIpc) is 2.70. The van der Waals surface area contributed by atoms with Crippen LogP contribution in [0.5, 0.6) is 0 Å². The van der Waals surface area contributed by atoms with Gasteiger partial charge in [-0.3, -0.25) is 4.98 Å². The van der Waals surface area contributed by atoms with Gasteiger partial charge < -0.3 is 0 Å². The van der Waals surface area contributed by atoms with Crippen molar-refractivity contribution in [1.29, 1.82) is 0 Å². The smallest absolute Gasteiger partial charge is 0.213 e. The Morgan fingerprint density at radius 1 is 0.867 bits per heavy atom. The molecule has 0 saturated carbocycles. The van der Waals surface area contributed by atoms with E-state index < -0.39 is 0 Å². The van der Waals surface area contributed by atoms with Crippen molar-refractivity contribution in [2.45, 2.75) is 41.0 Å². The number of aryl methyl sites for hydroxylation is 3. The molecule has 2 aromatic heterocycles. The molecule has 2 heterocycles. The maximum atomic E-state index is 4.68. The first-order valence-electron chi connectivity index (χ1n) is 10.8. The van der Waals surface area contributed by atoms with Crippen molar-refractivity contribution in [3.05, 3.63) is 83.3 Å². The zero-order chi connectivity index (χ0) is 21.4. The molecular weight excluding hydrogens is 364 g/mol. The highest BCUT2D eigenvalue weighted by Crippen LogP contribution is 2.29. The topological polar surface area (TPSA) is 16.8 Å². The van der Waals surface area contributed by atoms with Crippen molar-refractivity contribution < 1.29 is 4.57 Å². The molecule has 2 heteroatoms. The van der Waals surface area contributed by atoms with Crippen LogP contribution in [0.3, 0.4) is 0 Å². The van der Waals surface area contributed by atoms with Crippen molar-refractivity contribution in [2.24, 2.45) is 13.0 Å². The van der Waals surface area contributed by atoms with Crippen molar-refractivity contribution in [3.63, 3.8) is 0 Å². The largest absolute Gasteiger partial charge is 0.261 e. The molecule has 0 aliphatic carbocycles. The molecule has 2 aromatic carbocycles. The first kappa shape index (κ1) is 20.3. The van der Waals surface area contributed by atoms with E-state index in [1.807, 2.05) is 6.20 Å². The highest BCUT2D eigenvalue weighted by atomic mass is 14.9. The Kier molecular flexibility index (Phi) is 5.42. The van der Waals surface area contributed by atoms with E-state index in [1.54, 1.807) is 0 Å². The number of nitrogens with zero attached hydrogens (tertiary/aromatic N) is 2. The zero-order valence-electron chi connectivity index (χ0n) is 19.0. The van der Waals surface area contributed by atoms with Crippen molar-refractivity contribution >= 4 is 10.8 Å². The van der Waals surface area contributed by atoms with Gasteiger partial charge in [0, 0.05) is 34.5 Å². The fourth-order valence-electron chi connectivity index (χ4n) is 4.23. The second-order valence-electron chi connectivity index (χ2n) is 9.00. The lowest BCUT2D eigenvalue weighted by Gasteiger charge is -2.11. The van der Waals surface area contributed by atoms with E-state index in [0.29, 0.717) is 5.92 Å². The van der Waals surface area contributed by atoms with E-state index in [4.69, 9.17) is 0 Å². The Bertz CT molecular complexity index is 1220. The highest BCUT2D eigenvalue weighted by molar-refractivity contribution is 5.88. The number of rotatable bonds is 4. The minimum atomic E-state index is 0.622. The van der Waals surface area contributed by atoms with Gasteiger partial charge in [0.1, 0.15) is 7.05 Å². The number of hydrogen-bond acceptors (Lipinski definition) is 1. The molecule has 152 valence electrons. The molecule has 0 unspecified atom stereocenters. The van der Waals surface area contributed by atoms with Gasteiger partial charge in [-0.2, -0.15) is 0 Å². The van der Waals surface area contributed by atoms with Gasteiger partial charge in [0.05, 0.1) is 0 Å². The molecule has 0 aliphatic heterocycles. The van der Waals surface area contributed by atoms with Gasteiger partial charge in [0.2, 0.25) is 5.69 Å². The molecule has 30 heavy (non-hydrogen) atoms. The summed E-state index contributed by atoms with van der Waals surface area (Å²) in [5.41, 5.74) is 10.1. The lowest BCUT2D eigenvalue weighted by molar-refractivity contribution is -0.659. The van der Waals surface area contributed by atoms with E-state index >= 15 is 0 Å². The molecular formula is C28H31N2+. The summed E-state index contributed by atoms with van der Waals surface area (Å²) in [6.07, 6.45) is 5.26. The first-order valence-corrected chi connectivity index (χ1v) is 10.8. The minimum Gasteiger partial charge on any atom is -0.261 e. The maximum Gasteiger partial charge on any atom is 0.213 e. The van der Waals surface area contributed by atoms with E-state index in [0.717, 1.165) is 12.1 Å². The molecule has 0 aliphatic rings. The molecule has 2 nitrogen and oxygen atoms in total. The van der Waals surface area contributed by atoms with Crippen molar-refractivity contribution in [3.8, 4) is 22.4 Å². The normalized spacial score (nSPS) is 11.4. The van der Waals surface area contributed by atoms with Crippen LogP contribution in [-0.2, 0) is 13.5 Å². The summed E-state index contributed by atoms with van der Waals surface area (Å²) in [5.74, 6) is 0.622. The Balaban J connectivity index is 1.79. The molecule has 0 bridgehead atoms. The predicted octanol–water partition coefficient (Wildman–Crippen LogP) is 6.52. The van der Waals surface area contributed by atoms with Gasteiger partial charge in [-0.15, -0.1) is 0 Å². The van der Waals surface area contributed by atoms with E-state index in [1.165, 1.54) is 49.8 Å². The number of fused-ring (bicyclic) bond motifs is 1. The Hall–Kier alpha value is -3.00.